The molecule has 0 aromatic carbocycles. The summed E-state index contributed by atoms with van der Waals surface area (Å²) in [4.78, 5) is 10.6. The van der Waals surface area contributed by atoms with Gasteiger partial charge in [-0.15, -0.1) is 0 Å². The van der Waals surface area contributed by atoms with Crippen molar-refractivity contribution in [3.05, 3.63) is 0 Å². The number of aliphatic carboxylic acids is 1. The van der Waals surface area contributed by atoms with Crippen LogP contribution in [0.3, 0.4) is 0 Å². The summed E-state index contributed by atoms with van der Waals surface area (Å²) in [5.74, 6) is -1.27. The lowest BCUT2D eigenvalue weighted by molar-refractivity contribution is -0.141. The van der Waals surface area contributed by atoms with Gasteiger partial charge in [0, 0.05) is 5.92 Å². The Kier molecular flexibility index (Phi) is 3.69. The second-order valence-electron chi connectivity index (χ2n) is 3.73. The summed E-state index contributed by atoms with van der Waals surface area (Å²) in [6, 6.07) is -0.909. The van der Waals surface area contributed by atoms with Crippen molar-refractivity contribution in [2.75, 3.05) is 0 Å². The Labute approximate surface area is 77.7 Å². The minimum atomic E-state index is -1.01. The van der Waals surface area contributed by atoms with Crippen molar-refractivity contribution >= 4 is 5.97 Å². The van der Waals surface area contributed by atoms with Crippen LogP contribution in [0.2, 0.25) is 0 Å². The first-order chi connectivity index (χ1) is 6.13. The molecule has 1 saturated carbocycles. The highest BCUT2D eigenvalue weighted by molar-refractivity contribution is 5.73. The fraction of sp³-hybridized carbons (Fsp3) is 0.889. The summed E-state index contributed by atoms with van der Waals surface area (Å²) in [5.41, 5.74) is 5.49. The number of aliphatic hydroxyl groups excluding tert-OH is 1. The van der Waals surface area contributed by atoms with E-state index in [4.69, 9.17) is 10.8 Å². The molecule has 0 radical (unpaired) electrons. The van der Waals surface area contributed by atoms with Crippen LogP contribution in [0.1, 0.15) is 32.1 Å². The fourth-order valence-corrected chi connectivity index (χ4v) is 1.92. The Hall–Kier alpha value is -0.610. The Morgan fingerprint density at radius 2 is 1.92 bits per heavy atom. The number of rotatable bonds is 2. The molecule has 1 aliphatic rings. The predicted octanol–water partition coefficient (Wildman–Crippen LogP) is 0.339. The molecule has 0 heterocycles. The Balaban J connectivity index is 2.58. The van der Waals surface area contributed by atoms with Crippen LogP contribution in [0.5, 0.6) is 0 Å². The van der Waals surface area contributed by atoms with E-state index in [1.807, 2.05) is 0 Å². The van der Waals surface area contributed by atoms with Crippen LogP contribution in [0, 0.1) is 5.92 Å². The molecule has 0 aromatic rings. The van der Waals surface area contributed by atoms with Gasteiger partial charge in [-0.2, -0.15) is 0 Å². The molecular weight excluding hydrogens is 170 g/mol. The van der Waals surface area contributed by atoms with Gasteiger partial charge >= 0.3 is 5.97 Å². The van der Waals surface area contributed by atoms with E-state index in [0.717, 1.165) is 25.7 Å². The average molecular weight is 187 g/mol. The van der Waals surface area contributed by atoms with Crippen LogP contribution in [0.25, 0.3) is 0 Å². The molecule has 0 aliphatic heterocycles. The average Bonchev–Trinajstić information content (AvgIpc) is 2.28. The molecule has 0 saturated heterocycles. The highest BCUT2D eigenvalue weighted by atomic mass is 16.4. The minimum absolute atomic E-state index is 0.264. The Morgan fingerprint density at radius 1 is 1.31 bits per heavy atom. The zero-order chi connectivity index (χ0) is 9.84. The van der Waals surface area contributed by atoms with Gasteiger partial charge in [-0.05, 0) is 12.8 Å². The highest BCUT2D eigenvalue weighted by Crippen LogP contribution is 2.25. The van der Waals surface area contributed by atoms with E-state index < -0.39 is 18.1 Å². The molecule has 4 N–H and O–H groups in total. The largest absolute Gasteiger partial charge is 0.480 e. The zero-order valence-corrected chi connectivity index (χ0v) is 7.65. The molecule has 13 heavy (non-hydrogen) atoms. The lowest BCUT2D eigenvalue weighted by Gasteiger charge is -2.23. The molecule has 0 aromatic heterocycles. The Bertz CT molecular complexity index is 184. The standard InChI is InChI=1S/C9H17NO3/c10-8(9(12)13)6-4-2-1-3-5-7(6)11/h6-8,11H,1-5,10H2,(H,12,13)/t6-,7+,8?/m1/s1. The van der Waals surface area contributed by atoms with E-state index in [2.05, 4.69) is 0 Å². The van der Waals surface area contributed by atoms with Gasteiger partial charge in [-0.1, -0.05) is 19.3 Å². The second-order valence-corrected chi connectivity index (χ2v) is 3.73. The number of carboxylic acids is 1. The first kappa shape index (κ1) is 10.5. The summed E-state index contributed by atoms with van der Waals surface area (Å²) in [6.07, 6.45) is 3.90. The monoisotopic (exact) mass is 187 g/mol. The van der Waals surface area contributed by atoms with E-state index in [1.54, 1.807) is 0 Å². The van der Waals surface area contributed by atoms with E-state index in [-0.39, 0.29) is 5.92 Å². The van der Waals surface area contributed by atoms with E-state index in [9.17, 15) is 9.90 Å². The van der Waals surface area contributed by atoms with Crippen molar-refractivity contribution in [3.63, 3.8) is 0 Å². The maximum absolute atomic E-state index is 10.6. The molecule has 1 aliphatic carbocycles. The molecular formula is C9H17NO3. The Morgan fingerprint density at radius 3 is 2.54 bits per heavy atom. The number of hydrogen-bond acceptors (Lipinski definition) is 3. The first-order valence-electron chi connectivity index (χ1n) is 4.79. The fourth-order valence-electron chi connectivity index (χ4n) is 1.92. The lowest BCUT2D eigenvalue weighted by atomic mass is 9.90. The zero-order valence-electron chi connectivity index (χ0n) is 7.65. The molecule has 76 valence electrons. The third-order valence-corrected chi connectivity index (χ3v) is 2.78. The predicted molar refractivity (Wildman–Crippen MR) is 48.2 cm³/mol. The van der Waals surface area contributed by atoms with Crippen molar-refractivity contribution < 1.29 is 15.0 Å². The minimum Gasteiger partial charge on any atom is -0.480 e. The van der Waals surface area contributed by atoms with Gasteiger partial charge in [0.2, 0.25) is 0 Å². The first-order valence-corrected chi connectivity index (χ1v) is 4.79. The second kappa shape index (κ2) is 4.58. The number of carboxylic acid groups (broad SMARTS) is 1. The van der Waals surface area contributed by atoms with E-state index in [1.165, 1.54) is 0 Å². The van der Waals surface area contributed by atoms with Crippen LogP contribution >= 0.6 is 0 Å². The number of hydrogen-bond donors (Lipinski definition) is 3. The third-order valence-electron chi connectivity index (χ3n) is 2.78. The topological polar surface area (TPSA) is 83.6 Å². The molecule has 1 unspecified atom stereocenters. The summed E-state index contributed by atoms with van der Waals surface area (Å²) in [6.45, 7) is 0. The summed E-state index contributed by atoms with van der Waals surface area (Å²) < 4.78 is 0. The molecule has 4 nitrogen and oxygen atoms in total. The summed E-state index contributed by atoms with van der Waals surface area (Å²) >= 11 is 0. The van der Waals surface area contributed by atoms with Crippen LogP contribution in [0.15, 0.2) is 0 Å². The molecule has 0 spiro atoms. The third kappa shape index (κ3) is 2.67. The molecule has 4 heteroatoms. The lowest BCUT2D eigenvalue weighted by Crippen LogP contribution is -2.43. The molecule has 1 rings (SSSR count). The van der Waals surface area contributed by atoms with Gasteiger partial charge in [0.25, 0.3) is 0 Å². The summed E-state index contributed by atoms with van der Waals surface area (Å²) in [7, 11) is 0. The molecule has 0 bridgehead atoms. The van der Waals surface area contributed by atoms with Gasteiger partial charge in [-0.3, -0.25) is 4.79 Å². The van der Waals surface area contributed by atoms with Crippen molar-refractivity contribution in [2.24, 2.45) is 11.7 Å². The van der Waals surface area contributed by atoms with Gasteiger partial charge in [0.15, 0.2) is 0 Å². The SMILES string of the molecule is NC(C(=O)O)[C@@H]1CCCCC[C@@H]1O. The van der Waals surface area contributed by atoms with Gasteiger partial charge in [0.05, 0.1) is 6.10 Å². The quantitative estimate of drug-likeness (QED) is 0.544. The molecule has 1 fully saturated rings. The van der Waals surface area contributed by atoms with E-state index >= 15 is 0 Å². The van der Waals surface area contributed by atoms with E-state index in [0.29, 0.717) is 6.42 Å². The van der Waals surface area contributed by atoms with Crippen LogP contribution in [-0.2, 0) is 4.79 Å². The van der Waals surface area contributed by atoms with Crippen LogP contribution in [-0.4, -0.2) is 28.3 Å². The number of aliphatic hydroxyl groups is 1. The van der Waals surface area contributed by atoms with Crippen molar-refractivity contribution in [1.82, 2.24) is 0 Å². The van der Waals surface area contributed by atoms with Gasteiger partial charge in [-0.25, -0.2) is 0 Å². The number of carbonyl (C=O) groups is 1. The maximum Gasteiger partial charge on any atom is 0.320 e. The van der Waals surface area contributed by atoms with Crippen LogP contribution in [0.4, 0.5) is 0 Å². The smallest absolute Gasteiger partial charge is 0.320 e. The normalized spacial score (nSPS) is 32.2. The van der Waals surface area contributed by atoms with Crippen molar-refractivity contribution in [1.29, 1.82) is 0 Å². The van der Waals surface area contributed by atoms with Gasteiger partial charge < -0.3 is 15.9 Å². The van der Waals surface area contributed by atoms with Gasteiger partial charge in [0.1, 0.15) is 6.04 Å². The number of nitrogens with two attached hydrogens (primary N) is 1. The molecule has 0 amide bonds. The van der Waals surface area contributed by atoms with Crippen LogP contribution < -0.4 is 5.73 Å². The summed E-state index contributed by atoms with van der Waals surface area (Å²) in [5, 5.41) is 18.3. The highest BCUT2D eigenvalue weighted by Gasteiger charge is 2.31. The van der Waals surface area contributed by atoms with Crippen molar-refractivity contribution in [3.8, 4) is 0 Å². The van der Waals surface area contributed by atoms with Crippen molar-refractivity contribution in [2.45, 2.75) is 44.2 Å². The molecule has 3 atom stereocenters. The maximum atomic E-state index is 10.6.